The second-order valence-electron chi connectivity index (χ2n) is 4.15. The van der Waals surface area contributed by atoms with Crippen LogP contribution in [0.25, 0.3) is 0 Å². The molecule has 2 aromatic carbocycles. The topological polar surface area (TPSA) is 72.2 Å². The Labute approximate surface area is 120 Å². The lowest BCUT2D eigenvalue weighted by molar-refractivity contribution is -0.496. The van der Waals surface area contributed by atoms with Crippen molar-refractivity contribution in [3.63, 3.8) is 0 Å². The highest BCUT2D eigenvalue weighted by molar-refractivity contribution is 6.30. The summed E-state index contributed by atoms with van der Waals surface area (Å²) in [7, 11) is 0. The molecule has 0 radical (unpaired) electrons. The summed E-state index contributed by atoms with van der Waals surface area (Å²) >= 11 is 5.83. The number of rotatable bonds is 4. The number of hydrogen-bond acceptors (Lipinski definition) is 3. The molecule has 6 heteroatoms. The van der Waals surface area contributed by atoms with Gasteiger partial charge in [-0.25, -0.2) is 0 Å². The minimum Gasteiger partial charge on any atom is -0.322 e. The van der Waals surface area contributed by atoms with E-state index in [4.69, 9.17) is 11.6 Å². The van der Waals surface area contributed by atoms with Crippen molar-refractivity contribution < 1.29 is 9.72 Å². The van der Waals surface area contributed by atoms with Gasteiger partial charge in [0.05, 0.1) is 0 Å². The van der Waals surface area contributed by atoms with Crippen LogP contribution in [0, 0.1) is 10.1 Å². The van der Waals surface area contributed by atoms with E-state index in [0.717, 1.165) is 0 Å². The van der Waals surface area contributed by atoms with Crippen LogP contribution in [0.4, 0.5) is 5.69 Å². The fourth-order valence-corrected chi connectivity index (χ4v) is 1.87. The number of amides is 1. The van der Waals surface area contributed by atoms with Crippen molar-refractivity contribution in [2.75, 3.05) is 5.32 Å². The molecule has 0 aliphatic heterocycles. The average molecular weight is 291 g/mol. The van der Waals surface area contributed by atoms with Crippen LogP contribution in [-0.2, 0) is 6.54 Å². The van der Waals surface area contributed by atoms with Crippen LogP contribution in [0.5, 0.6) is 0 Å². The van der Waals surface area contributed by atoms with Gasteiger partial charge in [-0.05, 0) is 30.3 Å². The van der Waals surface area contributed by atoms with E-state index in [1.54, 1.807) is 48.5 Å². The third-order valence-corrected chi connectivity index (χ3v) is 2.85. The molecule has 0 saturated heterocycles. The summed E-state index contributed by atoms with van der Waals surface area (Å²) in [6.07, 6.45) is 0. The van der Waals surface area contributed by atoms with Crippen molar-refractivity contribution in [2.24, 2.45) is 0 Å². The van der Waals surface area contributed by atoms with Gasteiger partial charge >= 0.3 is 0 Å². The van der Waals surface area contributed by atoms with Gasteiger partial charge in [0.25, 0.3) is 5.91 Å². The van der Waals surface area contributed by atoms with Gasteiger partial charge < -0.3 is 5.32 Å². The Morgan fingerprint density at radius 1 is 1.20 bits per heavy atom. The second-order valence-corrected chi connectivity index (χ2v) is 4.59. The van der Waals surface area contributed by atoms with Gasteiger partial charge in [0, 0.05) is 26.8 Å². The molecule has 20 heavy (non-hydrogen) atoms. The van der Waals surface area contributed by atoms with E-state index in [2.05, 4.69) is 5.32 Å². The molecule has 0 spiro atoms. The lowest BCUT2D eigenvalue weighted by Crippen LogP contribution is -2.11. The maximum Gasteiger partial charge on any atom is 0.255 e. The van der Waals surface area contributed by atoms with Crippen LogP contribution >= 0.6 is 11.6 Å². The smallest absolute Gasteiger partial charge is 0.255 e. The van der Waals surface area contributed by atoms with E-state index in [-0.39, 0.29) is 12.5 Å². The number of nitrogens with one attached hydrogen (secondary N) is 1. The lowest BCUT2D eigenvalue weighted by Gasteiger charge is -2.05. The molecule has 0 aliphatic rings. The molecule has 2 aromatic rings. The van der Waals surface area contributed by atoms with Gasteiger partial charge in [-0.2, -0.15) is 0 Å². The molecule has 2 rings (SSSR count). The molecule has 0 bridgehead atoms. The molecular weight excluding hydrogens is 280 g/mol. The zero-order chi connectivity index (χ0) is 14.5. The number of benzene rings is 2. The van der Waals surface area contributed by atoms with Gasteiger partial charge in [-0.1, -0.05) is 29.8 Å². The fraction of sp³-hybridized carbons (Fsp3) is 0.0714. The standard InChI is InChI=1S/C14H11ClN2O3/c15-12-2-1-3-13(8-12)16-14(18)11-6-4-10(5-7-11)9-17(19)20/h1-8H,9H2,(H,16,18). The van der Waals surface area contributed by atoms with Gasteiger partial charge in [0.1, 0.15) is 0 Å². The van der Waals surface area contributed by atoms with E-state index in [9.17, 15) is 14.9 Å². The molecule has 0 unspecified atom stereocenters. The number of carbonyl (C=O) groups is 1. The summed E-state index contributed by atoms with van der Waals surface area (Å²) in [5, 5.41) is 13.6. The number of anilines is 1. The Bertz CT molecular complexity index is 641. The number of nitro groups is 1. The van der Waals surface area contributed by atoms with Gasteiger partial charge in [0.15, 0.2) is 0 Å². The third-order valence-electron chi connectivity index (χ3n) is 2.61. The minimum atomic E-state index is -0.416. The molecule has 0 aliphatic carbocycles. The summed E-state index contributed by atoms with van der Waals surface area (Å²) in [5.41, 5.74) is 1.57. The summed E-state index contributed by atoms with van der Waals surface area (Å²) in [5.74, 6) is -0.292. The Balaban J connectivity index is 2.07. The normalized spacial score (nSPS) is 10.1. The third kappa shape index (κ3) is 3.80. The quantitative estimate of drug-likeness (QED) is 0.693. The van der Waals surface area contributed by atoms with Crippen molar-refractivity contribution in [1.82, 2.24) is 0 Å². The monoisotopic (exact) mass is 290 g/mol. The summed E-state index contributed by atoms with van der Waals surface area (Å²) in [4.78, 5) is 21.9. The van der Waals surface area contributed by atoms with E-state index in [1.807, 2.05) is 0 Å². The Kier molecular flexibility index (Phi) is 4.32. The largest absolute Gasteiger partial charge is 0.322 e. The molecule has 5 nitrogen and oxygen atoms in total. The number of halogens is 1. The molecule has 1 amide bonds. The molecule has 102 valence electrons. The zero-order valence-corrected chi connectivity index (χ0v) is 11.1. The van der Waals surface area contributed by atoms with Crippen LogP contribution in [0.2, 0.25) is 5.02 Å². The highest BCUT2D eigenvalue weighted by atomic mass is 35.5. The molecule has 0 fully saturated rings. The van der Waals surface area contributed by atoms with Gasteiger partial charge in [-0.15, -0.1) is 0 Å². The van der Waals surface area contributed by atoms with Gasteiger partial charge in [0.2, 0.25) is 6.54 Å². The molecule has 0 saturated carbocycles. The Morgan fingerprint density at radius 3 is 2.50 bits per heavy atom. The highest BCUT2D eigenvalue weighted by Gasteiger charge is 2.07. The zero-order valence-electron chi connectivity index (χ0n) is 10.4. The highest BCUT2D eigenvalue weighted by Crippen LogP contribution is 2.16. The second kappa shape index (κ2) is 6.16. The van der Waals surface area contributed by atoms with Crippen LogP contribution in [-0.4, -0.2) is 10.8 Å². The minimum absolute atomic E-state index is 0.254. The number of carbonyl (C=O) groups excluding carboxylic acids is 1. The average Bonchev–Trinajstić information content (AvgIpc) is 2.38. The first-order chi connectivity index (χ1) is 9.54. The molecule has 0 atom stereocenters. The first kappa shape index (κ1) is 14.0. The SMILES string of the molecule is O=C(Nc1cccc(Cl)c1)c1ccc(C[N+](=O)[O-])cc1. The maximum atomic E-state index is 12.0. The first-order valence-corrected chi connectivity index (χ1v) is 6.20. The predicted octanol–water partition coefficient (Wildman–Crippen LogP) is 3.37. The first-order valence-electron chi connectivity index (χ1n) is 5.82. The predicted molar refractivity (Wildman–Crippen MR) is 76.5 cm³/mol. The van der Waals surface area contributed by atoms with Crippen molar-refractivity contribution in [3.05, 3.63) is 74.8 Å². The van der Waals surface area contributed by atoms with E-state index in [1.165, 1.54) is 0 Å². The molecule has 1 N–H and O–H groups in total. The molecule has 0 heterocycles. The maximum absolute atomic E-state index is 12.0. The Hall–Kier alpha value is -2.40. The Morgan fingerprint density at radius 2 is 1.90 bits per heavy atom. The van der Waals surface area contributed by atoms with Crippen molar-refractivity contribution >= 4 is 23.2 Å². The van der Waals surface area contributed by atoms with Gasteiger partial charge in [-0.3, -0.25) is 14.9 Å². The van der Waals surface area contributed by atoms with Crippen LogP contribution in [0.15, 0.2) is 48.5 Å². The summed E-state index contributed by atoms with van der Waals surface area (Å²) in [6, 6.07) is 13.1. The van der Waals surface area contributed by atoms with E-state index in [0.29, 0.717) is 21.8 Å². The van der Waals surface area contributed by atoms with Crippen LogP contribution < -0.4 is 5.32 Å². The van der Waals surface area contributed by atoms with Crippen molar-refractivity contribution in [3.8, 4) is 0 Å². The fourth-order valence-electron chi connectivity index (χ4n) is 1.68. The summed E-state index contributed by atoms with van der Waals surface area (Å²) < 4.78 is 0. The van der Waals surface area contributed by atoms with E-state index < -0.39 is 4.92 Å². The molecule has 0 aromatic heterocycles. The van der Waals surface area contributed by atoms with Crippen LogP contribution in [0.1, 0.15) is 15.9 Å². The van der Waals surface area contributed by atoms with Crippen LogP contribution in [0.3, 0.4) is 0 Å². The van der Waals surface area contributed by atoms with E-state index >= 15 is 0 Å². The number of hydrogen-bond donors (Lipinski definition) is 1. The van der Waals surface area contributed by atoms with Crippen molar-refractivity contribution in [1.29, 1.82) is 0 Å². The van der Waals surface area contributed by atoms with Crippen molar-refractivity contribution in [2.45, 2.75) is 6.54 Å². The number of nitrogens with zero attached hydrogens (tertiary/aromatic N) is 1. The lowest BCUT2D eigenvalue weighted by atomic mass is 10.1. The molecular formula is C14H11ClN2O3. The summed E-state index contributed by atoms with van der Waals surface area (Å²) in [6.45, 7) is -0.254.